The zero-order valence-electron chi connectivity index (χ0n) is 10.3. The lowest BCUT2D eigenvalue weighted by Crippen LogP contribution is -2.31. The summed E-state index contributed by atoms with van der Waals surface area (Å²) in [6.45, 7) is 1.20. The van der Waals surface area contributed by atoms with E-state index in [2.05, 4.69) is 5.32 Å². The highest BCUT2D eigenvalue weighted by Crippen LogP contribution is 2.19. The van der Waals surface area contributed by atoms with Crippen molar-refractivity contribution in [2.75, 3.05) is 0 Å². The van der Waals surface area contributed by atoms with Crippen molar-refractivity contribution in [2.24, 2.45) is 0 Å². The second kappa shape index (κ2) is 5.06. The van der Waals surface area contributed by atoms with E-state index >= 15 is 0 Å². The molecule has 0 aliphatic carbocycles. The predicted molar refractivity (Wildman–Crippen MR) is 67.7 cm³/mol. The van der Waals surface area contributed by atoms with E-state index in [4.69, 9.17) is 0 Å². The topological polar surface area (TPSA) is 83.5 Å². The standard InChI is InChI=1S/C14H13NO4/c1-8(16)12-13(18)10(15-14(12)19)7-11(17)9-5-3-2-4-6-9/h2-6,10,18H,7H2,1H3,(H,15,19). The largest absolute Gasteiger partial charge is 0.509 e. The zero-order valence-corrected chi connectivity index (χ0v) is 10.3. The Morgan fingerprint density at radius 1 is 1.26 bits per heavy atom. The van der Waals surface area contributed by atoms with Crippen LogP contribution >= 0.6 is 0 Å². The van der Waals surface area contributed by atoms with E-state index in [0.29, 0.717) is 5.56 Å². The third kappa shape index (κ3) is 2.54. The van der Waals surface area contributed by atoms with Crippen LogP contribution in [0.1, 0.15) is 23.7 Å². The normalized spacial score (nSPS) is 18.4. The van der Waals surface area contributed by atoms with Crippen LogP contribution in [0.5, 0.6) is 0 Å². The van der Waals surface area contributed by atoms with Gasteiger partial charge in [0.2, 0.25) is 0 Å². The average molecular weight is 259 g/mol. The Balaban J connectivity index is 2.16. The van der Waals surface area contributed by atoms with Crippen molar-refractivity contribution in [1.82, 2.24) is 5.32 Å². The first-order chi connectivity index (χ1) is 9.00. The molecular weight excluding hydrogens is 246 g/mol. The summed E-state index contributed by atoms with van der Waals surface area (Å²) in [5.74, 6) is -1.69. The van der Waals surface area contributed by atoms with Crippen LogP contribution in [0.2, 0.25) is 0 Å². The minimum absolute atomic E-state index is 0.0711. The number of carbonyl (C=O) groups is 3. The number of rotatable bonds is 4. The van der Waals surface area contributed by atoms with Crippen LogP contribution in [-0.4, -0.2) is 28.6 Å². The molecule has 0 saturated carbocycles. The monoisotopic (exact) mass is 259 g/mol. The Morgan fingerprint density at radius 2 is 1.89 bits per heavy atom. The maximum Gasteiger partial charge on any atom is 0.259 e. The number of aliphatic hydroxyl groups is 1. The minimum Gasteiger partial charge on any atom is -0.509 e. The van der Waals surface area contributed by atoms with Gasteiger partial charge in [0.05, 0.1) is 6.04 Å². The van der Waals surface area contributed by atoms with Crippen molar-refractivity contribution >= 4 is 17.5 Å². The van der Waals surface area contributed by atoms with E-state index in [-0.39, 0.29) is 23.5 Å². The van der Waals surface area contributed by atoms with Gasteiger partial charge in [0.25, 0.3) is 5.91 Å². The second-order valence-electron chi connectivity index (χ2n) is 4.34. The molecule has 0 radical (unpaired) electrons. The quantitative estimate of drug-likeness (QED) is 0.627. The molecule has 1 aromatic carbocycles. The Hall–Kier alpha value is -2.43. The van der Waals surface area contributed by atoms with Crippen molar-refractivity contribution in [3.8, 4) is 0 Å². The van der Waals surface area contributed by atoms with Gasteiger partial charge in [-0.1, -0.05) is 30.3 Å². The second-order valence-corrected chi connectivity index (χ2v) is 4.34. The van der Waals surface area contributed by atoms with Gasteiger partial charge in [0, 0.05) is 12.0 Å². The maximum atomic E-state index is 12.0. The van der Waals surface area contributed by atoms with Gasteiger partial charge in [0.1, 0.15) is 11.3 Å². The number of Topliss-reactive ketones (excluding diaryl/α,β-unsaturated/α-hetero) is 2. The lowest BCUT2D eigenvalue weighted by Gasteiger charge is -2.10. The molecule has 1 unspecified atom stereocenters. The lowest BCUT2D eigenvalue weighted by atomic mass is 10.0. The van der Waals surface area contributed by atoms with Gasteiger partial charge in [-0.05, 0) is 6.92 Å². The fourth-order valence-corrected chi connectivity index (χ4v) is 2.00. The molecule has 1 atom stereocenters. The molecular formula is C14H13NO4. The molecule has 19 heavy (non-hydrogen) atoms. The molecule has 2 rings (SSSR count). The fourth-order valence-electron chi connectivity index (χ4n) is 2.00. The van der Waals surface area contributed by atoms with Crippen molar-refractivity contribution in [3.63, 3.8) is 0 Å². The molecule has 0 aromatic heterocycles. The average Bonchev–Trinajstić information content (AvgIpc) is 2.65. The number of benzene rings is 1. The van der Waals surface area contributed by atoms with E-state index in [1.54, 1.807) is 30.3 Å². The van der Waals surface area contributed by atoms with Crippen molar-refractivity contribution in [3.05, 3.63) is 47.2 Å². The molecule has 0 saturated heterocycles. The summed E-state index contributed by atoms with van der Waals surface area (Å²) in [7, 11) is 0. The highest BCUT2D eigenvalue weighted by Gasteiger charge is 2.35. The number of hydrogen-bond donors (Lipinski definition) is 2. The van der Waals surface area contributed by atoms with Crippen LogP contribution < -0.4 is 5.32 Å². The molecule has 1 amide bonds. The predicted octanol–water partition coefficient (Wildman–Crippen LogP) is 1.16. The van der Waals surface area contributed by atoms with Crippen LogP contribution in [0.3, 0.4) is 0 Å². The summed E-state index contributed by atoms with van der Waals surface area (Å²) in [6.07, 6.45) is -0.0711. The number of carbonyl (C=O) groups excluding carboxylic acids is 3. The SMILES string of the molecule is CC(=O)C1=C(O)C(CC(=O)c2ccccc2)NC1=O. The van der Waals surface area contributed by atoms with Crippen LogP contribution in [-0.2, 0) is 9.59 Å². The van der Waals surface area contributed by atoms with Gasteiger partial charge in [-0.3, -0.25) is 14.4 Å². The van der Waals surface area contributed by atoms with E-state index in [1.165, 1.54) is 6.92 Å². The van der Waals surface area contributed by atoms with Gasteiger partial charge in [-0.25, -0.2) is 0 Å². The number of nitrogens with one attached hydrogen (secondary N) is 1. The van der Waals surface area contributed by atoms with E-state index in [9.17, 15) is 19.5 Å². The third-order valence-electron chi connectivity index (χ3n) is 2.96. The van der Waals surface area contributed by atoms with E-state index in [0.717, 1.165) is 0 Å². The molecule has 1 aromatic rings. The maximum absolute atomic E-state index is 12.0. The molecule has 5 heteroatoms. The number of aliphatic hydroxyl groups excluding tert-OH is 1. The summed E-state index contributed by atoms with van der Waals surface area (Å²) in [5, 5.41) is 12.2. The van der Waals surface area contributed by atoms with Crippen LogP contribution in [0.25, 0.3) is 0 Å². The first-order valence-corrected chi connectivity index (χ1v) is 5.84. The van der Waals surface area contributed by atoms with Crippen molar-refractivity contribution < 1.29 is 19.5 Å². The van der Waals surface area contributed by atoms with Gasteiger partial charge in [-0.2, -0.15) is 0 Å². The smallest absolute Gasteiger partial charge is 0.259 e. The van der Waals surface area contributed by atoms with Gasteiger partial charge < -0.3 is 10.4 Å². The summed E-state index contributed by atoms with van der Waals surface area (Å²) < 4.78 is 0. The van der Waals surface area contributed by atoms with Crippen molar-refractivity contribution in [2.45, 2.75) is 19.4 Å². The number of ketones is 2. The van der Waals surface area contributed by atoms with Crippen LogP contribution in [0.15, 0.2) is 41.7 Å². The molecule has 0 bridgehead atoms. The first kappa shape index (κ1) is 13.0. The molecule has 98 valence electrons. The molecule has 1 aliphatic heterocycles. The highest BCUT2D eigenvalue weighted by atomic mass is 16.3. The zero-order chi connectivity index (χ0) is 14.0. The first-order valence-electron chi connectivity index (χ1n) is 5.84. The van der Waals surface area contributed by atoms with Crippen LogP contribution in [0, 0.1) is 0 Å². The minimum atomic E-state index is -0.820. The summed E-state index contributed by atoms with van der Waals surface area (Å²) >= 11 is 0. The molecule has 0 spiro atoms. The van der Waals surface area contributed by atoms with Gasteiger partial charge in [0.15, 0.2) is 11.6 Å². The Kier molecular flexibility index (Phi) is 3.46. The molecule has 1 heterocycles. The summed E-state index contributed by atoms with van der Waals surface area (Å²) in [5.41, 5.74) is 0.242. The van der Waals surface area contributed by atoms with Gasteiger partial charge in [-0.15, -0.1) is 0 Å². The lowest BCUT2D eigenvalue weighted by molar-refractivity contribution is -0.121. The Morgan fingerprint density at radius 3 is 2.42 bits per heavy atom. The molecule has 0 fully saturated rings. The van der Waals surface area contributed by atoms with Crippen molar-refractivity contribution in [1.29, 1.82) is 0 Å². The van der Waals surface area contributed by atoms with E-state index < -0.39 is 17.7 Å². The number of amides is 1. The summed E-state index contributed by atoms with van der Waals surface area (Å²) in [6, 6.07) is 7.75. The van der Waals surface area contributed by atoms with E-state index in [1.807, 2.05) is 0 Å². The fraction of sp³-hybridized carbons (Fsp3) is 0.214. The molecule has 5 nitrogen and oxygen atoms in total. The highest BCUT2D eigenvalue weighted by molar-refractivity contribution is 6.20. The Labute approximate surface area is 109 Å². The summed E-state index contributed by atoms with van der Waals surface area (Å²) in [4.78, 5) is 34.7. The Bertz CT molecular complexity index is 574. The molecule has 1 aliphatic rings. The van der Waals surface area contributed by atoms with Crippen LogP contribution in [0.4, 0.5) is 0 Å². The third-order valence-corrected chi connectivity index (χ3v) is 2.96. The molecule has 2 N–H and O–H groups in total. The number of hydrogen-bond acceptors (Lipinski definition) is 4. The van der Waals surface area contributed by atoms with Gasteiger partial charge >= 0.3 is 0 Å².